The van der Waals surface area contributed by atoms with Crippen LogP contribution in [0.1, 0.15) is 30.0 Å². The molecule has 2 aromatic heterocycles. The van der Waals surface area contributed by atoms with Crippen molar-refractivity contribution < 1.29 is 13.9 Å². The van der Waals surface area contributed by atoms with Gasteiger partial charge in [0, 0.05) is 20.1 Å². The Kier molecular flexibility index (Phi) is 3.52. The van der Waals surface area contributed by atoms with Crippen molar-refractivity contribution in [3.8, 4) is 0 Å². The van der Waals surface area contributed by atoms with E-state index in [0.717, 1.165) is 0 Å². The molecule has 0 bridgehead atoms. The molecule has 7 heteroatoms. The molecule has 0 saturated carbocycles. The average molecular weight is 305 g/mol. The van der Waals surface area contributed by atoms with Crippen molar-refractivity contribution in [2.45, 2.75) is 33.0 Å². The first-order chi connectivity index (χ1) is 10.4. The number of hydrogen-bond donors (Lipinski definition) is 0. The van der Waals surface area contributed by atoms with Crippen molar-refractivity contribution in [3.05, 3.63) is 28.0 Å². The van der Waals surface area contributed by atoms with Crippen LogP contribution in [-0.4, -0.2) is 45.7 Å². The van der Waals surface area contributed by atoms with Gasteiger partial charge in [-0.05, 0) is 20.8 Å². The van der Waals surface area contributed by atoms with Crippen molar-refractivity contribution in [2.24, 2.45) is 7.05 Å². The Morgan fingerprint density at radius 3 is 2.59 bits per heavy atom. The van der Waals surface area contributed by atoms with Crippen LogP contribution < -0.4 is 5.56 Å². The summed E-state index contributed by atoms with van der Waals surface area (Å²) in [6.07, 6.45) is 1.32. The lowest BCUT2D eigenvalue weighted by Gasteiger charge is -2.35. The predicted molar refractivity (Wildman–Crippen MR) is 79.9 cm³/mol. The summed E-state index contributed by atoms with van der Waals surface area (Å²) in [6.45, 7) is 6.53. The highest BCUT2D eigenvalue weighted by molar-refractivity contribution is 6.06. The summed E-state index contributed by atoms with van der Waals surface area (Å²) >= 11 is 0. The van der Waals surface area contributed by atoms with E-state index in [2.05, 4.69) is 4.98 Å². The van der Waals surface area contributed by atoms with E-state index in [1.807, 2.05) is 13.8 Å². The third kappa shape index (κ3) is 2.31. The predicted octanol–water partition coefficient (Wildman–Crippen LogP) is 1.08. The van der Waals surface area contributed by atoms with Crippen LogP contribution >= 0.6 is 0 Å². The molecule has 0 radical (unpaired) electrons. The van der Waals surface area contributed by atoms with Crippen LogP contribution in [0.4, 0.5) is 0 Å². The van der Waals surface area contributed by atoms with Gasteiger partial charge in [-0.2, -0.15) is 0 Å². The zero-order valence-electron chi connectivity index (χ0n) is 13.1. The molecule has 1 aliphatic heterocycles. The van der Waals surface area contributed by atoms with Gasteiger partial charge in [-0.25, -0.2) is 4.98 Å². The molecule has 1 amide bonds. The van der Waals surface area contributed by atoms with E-state index in [4.69, 9.17) is 9.15 Å². The fourth-order valence-corrected chi connectivity index (χ4v) is 2.95. The molecule has 2 aromatic rings. The van der Waals surface area contributed by atoms with E-state index < -0.39 is 0 Å². The molecule has 0 aliphatic carbocycles. The molecule has 3 heterocycles. The molecule has 22 heavy (non-hydrogen) atoms. The first-order valence-electron chi connectivity index (χ1n) is 7.28. The maximum atomic E-state index is 12.9. The van der Waals surface area contributed by atoms with Gasteiger partial charge in [-0.15, -0.1) is 0 Å². The molecular formula is C15H19N3O4. The Morgan fingerprint density at radius 1 is 1.32 bits per heavy atom. The van der Waals surface area contributed by atoms with Crippen molar-refractivity contribution in [1.82, 2.24) is 14.5 Å². The monoisotopic (exact) mass is 305 g/mol. The minimum Gasteiger partial charge on any atom is -0.442 e. The average Bonchev–Trinajstić information content (AvgIpc) is 2.78. The van der Waals surface area contributed by atoms with Crippen LogP contribution in [-0.2, 0) is 11.8 Å². The van der Waals surface area contributed by atoms with Gasteiger partial charge in [-0.1, -0.05) is 0 Å². The number of carbonyl (C=O) groups is 1. The lowest BCUT2D eigenvalue weighted by molar-refractivity contribution is -0.0586. The number of rotatable bonds is 1. The van der Waals surface area contributed by atoms with Gasteiger partial charge >= 0.3 is 0 Å². The SMILES string of the molecule is Cc1oc2ncn(C)c(=O)c2c1C(=O)N1CC(C)OC(C)C1. The molecule has 2 atom stereocenters. The zero-order chi connectivity index (χ0) is 16.0. The van der Waals surface area contributed by atoms with Crippen LogP contribution in [0.3, 0.4) is 0 Å². The molecule has 118 valence electrons. The van der Waals surface area contributed by atoms with Crippen molar-refractivity contribution in [2.75, 3.05) is 13.1 Å². The van der Waals surface area contributed by atoms with Gasteiger partial charge in [-0.3, -0.25) is 9.59 Å². The number of ether oxygens (including phenoxy) is 1. The van der Waals surface area contributed by atoms with Crippen LogP contribution in [0, 0.1) is 6.92 Å². The summed E-state index contributed by atoms with van der Waals surface area (Å²) < 4.78 is 12.5. The fourth-order valence-electron chi connectivity index (χ4n) is 2.95. The summed E-state index contributed by atoms with van der Waals surface area (Å²) in [5, 5.41) is 0.249. The molecule has 1 saturated heterocycles. The largest absolute Gasteiger partial charge is 0.442 e. The number of aryl methyl sites for hydroxylation is 2. The van der Waals surface area contributed by atoms with Gasteiger partial charge in [0.25, 0.3) is 11.5 Å². The Hall–Kier alpha value is -2.15. The summed E-state index contributed by atoms with van der Waals surface area (Å²) in [5.74, 6) is 0.214. The fraction of sp³-hybridized carbons (Fsp3) is 0.533. The zero-order valence-corrected chi connectivity index (χ0v) is 13.1. The second-order valence-electron chi connectivity index (χ2n) is 5.84. The number of aromatic nitrogens is 2. The minimum absolute atomic E-state index is 0.0351. The van der Waals surface area contributed by atoms with Gasteiger partial charge < -0.3 is 18.6 Å². The van der Waals surface area contributed by atoms with Crippen molar-refractivity contribution >= 4 is 17.0 Å². The molecular weight excluding hydrogens is 286 g/mol. The molecule has 0 N–H and O–H groups in total. The van der Waals surface area contributed by atoms with Crippen LogP contribution in [0.5, 0.6) is 0 Å². The topological polar surface area (TPSA) is 77.6 Å². The van der Waals surface area contributed by atoms with E-state index in [9.17, 15) is 9.59 Å². The smallest absolute Gasteiger partial charge is 0.265 e. The van der Waals surface area contributed by atoms with E-state index in [1.165, 1.54) is 10.9 Å². The second-order valence-corrected chi connectivity index (χ2v) is 5.84. The van der Waals surface area contributed by atoms with E-state index in [1.54, 1.807) is 18.9 Å². The van der Waals surface area contributed by atoms with E-state index in [0.29, 0.717) is 24.4 Å². The lowest BCUT2D eigenvalue weighted by Crippen LogP contribution is -2.48. The number of fused-ring (bicyclic) bond motifs is 1. The Balaban J connectivity index is 2.09. The van der Waals surface area contributed by atoms with Gasteiger partial charge in [0.1, 0.15) is 17.5 Å². The molecule has 1 fully saturated rings. The molecule has 3 rings (SSSR count). The Labute approximate surface area is 127 Å². The maximum Gasteiger partial charge on any atom is 0.265 e. The highest BCUT2D eigenvalue weighted by Crippen LogP contribution is 2.24. The first-order valence-corrected chi connectivity index (χ1v) is 7.28. The molecule has 7 nitrogen and oxygen atoms in total. The quantitative estimate of drug-likeness (QED) is 0.788. The summed E-state index contributed by atoms with van der Waals surface area (Å²) in [6, 6.07) is 0. The molecule has 0 aromatic carbocycles. The standard InChI is InChI=1S/C15H19N3O4/c1-8-5-18(6-9(2)21-8)15(20)11-10(3)22-13-12(11)14(19)17(4)7-16-13/h7-9H,5-6H2,1-4H3. The third-order valence-corrected chi connectivity index (χ3v) is 3.87. The first kappa shape index (κ1) is 14.8. The maximum absolute atomic E-state index is 12.9. The van der Waals surface area contributed by atoms with Crippen molar-refractivity contribution in [3.63, 3.8) is 0 Å². The van der Waals surface area contributed by atoms with Crippen LogP contribution in [0.25, 0.3) is 11.1 Å². The number of nitrogens with zero attached hydrogens (tertiary/aromatic N) is 3. The molecule has 0 spiro atoms. The summed E-state index contributed by atoms with van der Waals surface area (Å²) in [4.78, 5) is 31.0. The number of hydrogen-bond acceptors (Lipinski definition) is 5. The van der Waals surface area contributed by atoms with Gasteiger partial charge in [0.2, 0.25) is 5.71 Å². The highest BCUT2D eigenvalue weighted by Gasteiger charge is 2.31. The number of amides is 1. The summed E-state index contributed by atoms with van der Waals surface area (Å²) in [7, 11) is 1.60. The lowest BCUT2D eigenvalue weighted by atomic mass is 10.1. The molecule has 1 aliphatic rings. The second kappa shape index (κ2) is 5.24. The molecule has 2 unspecified atom stereocenters. The van der Waals surface area contributed by atoms with Crippen LogP contribution in [0.15, 0.2) is 15.5 Å². The normalized spacial score (nSPS) is 22.3. The third-order valence-electron chi connectivity index (χ3n) is 3.87. The summed E-state index contributed by atoms with van der Waals surface area (Å²) in [5.41, 5.74) is 0.239. The Bertz CT molecular complexity index is 782. The van der Waals surface area contributed by atoms with Gasteiger partial charge in [0.15, 0.2) is 0 Å². The number of morpholine rings is 1. The number of furan rings is 1. The Morgan fingerprint density at radius 2 is 1.95 bits per heavy atom. The number of carbonyl (C=O) groups excluding carboxylic acids is 1. The highest BCUT2D eigenvalue weighted by atomic mass is 16.5. The van der Waals surface area contributed by atoms with E-state index in [-0.39, 0.29) is 34.8 Å². The van der Waals surface area contributed by atoms with Crippen molar-refractivity contribution in [1.29, 1.82) is 0 Å². The van der Waals surface area contributed by atoms with Gasteiger partial charge in [0.05, 0.1) is 17.8 Å². The minimum atomic E-state index is -0.278. The van der Waals surface area contributed by atoms with E-state index >= 15 is 0 Å². The van der Waals surface area contributed by atoms with Crippen LogP contribution in [0.2, 0.25) is 0 Å².